The number of benzene rings is 3. The van der Waals surface area contributed by atoms with Crippen molar-refractivity contribution in [2.24, 2.45) is 22.2 Å². The van der Waals surface area contributed by atoms with Crippen molar-refractivity contribution in [1.82, 2.24) is 5.32 Å². The van der Waals surface area contributed by atoms with E-state index in [-0.39, 0.29) is 24.7 Å². The molecule has 0 bridgehead atoms. The first-order valence-electron chi connectivity index (χ1n) is 11.8. The predicted molar refractivity (Wildman–Crippen MR) is 141 cm³/mol. The summed E-state index contributed by atoms with van der Waals surface area (Å²) in [6.07, 6.45) is 0.379. The Bertz CT molecular complexity index is 1140. The number of rotatable bonds is 11. The smallest absolute Gasteiger partial charge is 0.248 e. The zero-order valence-electron chi connectivity index (χ0n) is 20.3. The zero-order valence-corrected chi connectivity index (χ0v) is 20.3. The molecule has 0 aliphatic carbocycles. The maximum absolute atomic E-state index is 14.2. The van der Waals surface area contributed by atoms with Gasteiger partial charge in [0.2, 0.25) is 5.91 Å². The van der Waals surface area contributed by atoms with Crippen molar-refractivity contribution in [3.63, 3.8) is 0 Å². The van der Waals surface area contributed by atoms with Crippen LogP contribution in [0.1, 0.15) is 48.4 Å². The molecule has 36 heavy (non-hydrogen) atoms. The lowest BCUT2D eigenvalue weighted by molar-refractivity contribution is -0.137. The van der Waals surface area contributed by atoms with Crippen LogP contribution >= 0.6 is 0 Å². The third kappa shape index (κ3) is 6.49. The van der Waals surface area contributed by atoms with Gasteiger partial charge in [0.05, 0.1) is 12.0 Å². The van der Waals surface area contributed by atoms with Gasteiger partial charge in [-0.25, -0.2) is 0 Å². The predicted octanol–water partition coefficient (Wildman–Crippen LogP) is 2.72. The minimum atomic E-state index is -1.85. The first-order valence-corrected chi connectivity index (χ1v) is 11.8. The molecule has 0 aromatic heterocycles. The topological polar surface area (TPSA) is 157 Å². The molecule has 0 heterocycles. The van der Waals surface area contributed by atoms with Crippen LogP contribution < -0.4 is 22.5 Å². The number of phenolic OH excluding ortho intramolecular Hbond substituents is 1. The number of ketones is 1. The fourth-order valence-corrected chi connectivity index (χ4v) is 4.13. The minimum Gasteiger partial charge on any atom is -0.508 e. The molecular formula is C28H33N5O3. The molecule has 0 radical (unpaired) electrons. The summed E-state index contributed by atoms with van der Waals surface area (Å²) < 4.78 is 0. The molecule has 2 atom stereocenters. The number of nitrogens with two attached hydrogens (primary N) is 3. The summed E-state index contributed by atoms with van der Waals surface area (Å²) in [5.74, 6) is -1.69. The van der Waals surface area contributed by atoms with Crippen molar-refractivity contribution in [1.29, 1.82) is 0 Å². The van der Waals surface area contributed by atoms with Gasteiger partial charge in [-0.2, -0.15) is 0 Å². The lowest BCUT2D eigenvalue weighted by Gasteiger charge is -2.32. The van der Waals surface area contributed by atoms with Crippen molar-refractivity contribution < 1.29 is 14.7 Å². The molecule has 0 aliphatic rings. The molecule has 0 fully saturated rings. The molecule has 0 aliphatic heterocycles. The monoisotopic (exact) mass is 487 g/mol. The standard InChI is InChI=1S/C28H33N5O3/c1-19(20-13-15-23(34)16-14-20)33-26(36)28(31,17-8-18-32-27(29)30)25(35)24(21-9-4-2-5-10-21)22-11-6-3-7-12-22/h2-7,9-16,19,24,34H,8,17-18,31H2,1H3,(H,33,36)(H4,29,30,32)/t19?,28-/m0/s1. The maximum Gasteiger partial charge on any atom is 0.248 e. The Morgan fingerprint density at radius 3 is 1.92 bits per heavy atom. The van der Waals surface area contributed by atoms with Crippen LogP contribution in [-0.4, -0.2) is 34.8 Å². The lowest BCUT2D eigenvalue weighted by atomic mass is 9.76. The summed E-state index contributed by atoms with van der Waals surface area (Å²) in [5.41, 5.74) is 18.0. The molecule has 1 unspecified atom stereocenters. The van der Waals surface area contributed by atoms with Crippen LogP contribution in [0.4, 0.5) is 0 Å². The second kappa shape index (κ2) is 12.0. The SMILES string of the molecule is CC(NC(=O)[C@](N)(CCCN=C(N)N)C(=O)C(c1ccccc1)c1ccccc1)c1ccc(O)cc1. The number of nitrogens with zero attached hydrogens (tertiary/aromatic N) is 1. The van der Waals surface area contributed by atoms with Crippen LogP contribution in [0.3, 0.4) is 0 Å². The summed E-state index contributed by atoms with van der Waals surface area (Å²) in [4.78, 5) is 31.8. The van der Waals surface area contributed by atoms with Crippen molar-refractivity contribution >= 4 is 17.6 Å². The molecule has 3 aromatic rings. The summed E-state index contributed by atoms with van der Waals surface area (Å²) in [5, 5.41) is 12.5. The first-order chi connectivity index (χ1) is 17.2. The van der Waals surface area contributed by atoms with Gasteiger partial charge in [-0.05, 0) is 48.6 Å². The van der Waals surface area contributed by atoms with Gasteiger partial charge in [0, 0.05) is 6.54 Å². The molecule has 8 heteroatoms. The molecule has 3 rings (SSSR count). The average molecular weight is 488 g/mol. The third-order valence-corrected chi connectivity index (χ3v) is 6.14. The van der Waals surface area contributed by atoms with Gasteiger partial charge in [0.25, 0.3) is 0 Å². The van der Waals surface area contributed by atoms with Gasteiger partial charge in [-0.1, -0.05) is 72.8 Å². The van der Waals surface area contributed by atoms with E-state index < -0.39 is 29.2 Å². The van der Waals surface area contributed by atoms with Crippen molar-refractivity contribution in [2.75, 3.05) is 6.54 Å². The number of carbonyl (C=O) groups excluding carboxylic acids is 2. The first kappa shape index (κ1) is 26.4. The van der Waals surface area contributed by atoms with Gasteiger partial charge in [-0.3, -0.25) is 14.6 Å². The quantitative estimate of drug-likeness (QED) is 0.121. The van der Waals surface area contributed by atoms with Crippen LogP contribution in [-0.2, 0) is 9.59 Å². The highest BCUT2D eigenvalue weighted by molar-refractivity contribution is 6.14. The second-order valence-electron chi connectivity index (χ2n) is 8.79. The van der Waals surface area contributed by atoms with E-state index >= 15 is 0 Å². The molecular weight excluding hydrogens is 454 g/mol. The number of amides is 1. The van der Waals surface area contributed by atoms with E-state index in [1.165, 1.54) is 12.1 Å². The Hall–Kier alpha value is -4.17. The minimum absolute atomic E-state index is 0.0485. The highest BCUT2D eigenvalue weighted by Gasteiger charge is 2.45. The highest BCUT2D eigenvalue weighted by atomic mass is 16.3. The van der Waals surface area contributed by atoms with E-state index in [1.807, 2.05) is 60.7 Å². The van der Waals surface area contributed by atoms with E-state index in [4.69, 9.17) is 17.2 Å². The van der Waals surface area contributed by atoms with E-state index in [0.29, 0.717) is 6.42 Å². The second-order valence-corrected chi connectivity index (χ2v) is 8.79. The Morgan fingerprint density at radius 1 is 0.889 bits per heavy atom. The van der Waals surface area contributed by atoms with Crippen LogP contribution in [0.5, 0.6) is 5.75 Å². The summed E-state index contributed by atoms with van der Waals surface area (Å²) in [6.45, 7) is 2.02. The number of aliphatic imine (C=N–C) groups is 1. The normalized spacial score (nSPS) is 13.4. The van der Waals surface area contributed by atoms with Crippen molar-refractivity contribution in [3.8, 4) is 5.75 Å². The Morgan fingerprint density at radius 2 is 1.42 bits per heavy atom. The number of nitrogens with one attached hydrogen (secondary N) is 1. The number of guanidine groups is 1. The van der Waals surface area contributed by atoms with Crippen LogP contribution in [0.25, 0.3) is 0 Å². The molecule has 8 nitrogen and oxygen atoms in total. The molecule has 0 spiro atoms. The van der Waals surface area contributed by atoms with Gasteiger partial charge in [-0.15, -0.1) is 0 Å². The molecule has 188 valence electrons. The maximum atomic E-state index is 14.2. The van der Waals surface area contributed by atoms with Crippen LogP contribution in [0.15, 0.2) is 89.9 Å². The molecule has 0 saturated carbocycles. The largest absolute Gasteiger partial charge is 0.508 e. The fraction of sp³-hybridized carbons (Fsp3) is 0.250. The summed E-state index contributed by atoms with van der Waals surface area (Å²) >= 11 is 0. The van der Waals surface area contributed by atoms with E-state index in [1.54, 1.807) is 19.1 Å². The van der Waals surface area contributed by atoms with Crippen LogP contribution in [0, 0.1) is 0 Å². The molecule has 3 aromatic carbocycles. The van der Waals surface area contributed by atoms with Gasteiger partial charge in [0.1, 0.15) is 5.75 Å². The number of Topliss-reactive ketones (excluding diaryl/α,β-unsaturated/α-hetero) is 1. The van der Waals surface area contributed by atoms with Gasteiger partial charge in [0.15, 0.2) is 17.3 Å². The van der Waals surface area contributed by atoms with E-state index in [9.17, 15) is 14.7 Å². The number of carbonyl (C=O) groups is 2. The van der Waals surface area contributed by atoms with Crippen molar-refractivity contribution in [3.05, 3.63) is 102 Å². The number of phenols is 1. The van der Waals surface area contributed by atoms with Gasteiger partial charge >= 0.3 is 0 Å². The summed E-state index contributed by atoms with van der Waals surface area (Å²) in [7, 11) is 0. The fourth-order valence-electron chi connectivity index (χ4n) is 4.13. The lowest BCUT2D eigenvalue weighted by Crippen LogP contribution is -2.61. The Kier molecular flexibility index (Phi) is 8.81. The molecule has 1 amide bonds. The third-order valence-electron chi connectivity index (χ3n) is 6.14. The molecule has 0 saturated heterocycles. The Labute approximate surface area is 211 Å². The van der Waals surface area contributed by atoms with Crippen molar-refractivity contribution in [2.45, 2.75) is 37.3 Å². The van der Waals surface area contributed by atoms with E-state index in [0.717, 1.165) is 16.7 Å². The number of hydrogen-bond donors (Lipinski definition) is 5. The average Bonchev–Trinajstić information content (AvgIpc) is 2.88. The van der Waals surface area contributed by atoms with E-state index in [2.05, 4.69) is 10.3 Å². The van der Waals surface area contributed by atoms with Gasteiger partial charge < -0.3 is 27.6 Å². The Balaban J connectivity index is 1.97. The number of hydrogen-bond acceptors (Lipinski definition) is 5. The summed E-state index contributed by atoms with van der Waals surface area (Å²) in [6, 6.07) is 24.6. The highest BCUT2D eigenvalue weighted by Crippen LogP contribution is 2.31. The molecule has 8 N–H and O–H groups in total. The van der Waals surface area contributed by atoms with Crippen LogP contribution in [0.2, 0.25) is 0 Å². The number of aromatic hydroxyl groups is 1. The zero-order chi connectivity index (χ0) is 26.1.